The molecule has 1 atom stereocenters. The number of nitrogens with zero attached hydrogens (tertiary/aromatic N) is 4. The highest BCUT2D eigenvalue weighted by atomic mass is 16.5. The molecule has 140 valence electrons. The molecule has 1 fully saturated rings. The summed E-state index contributed by atoms with van der Waals surface area (Å²) < 4.78 is 7.34. The summed E-state index contributed by atoms with van der Waals surface area (Å²) in [5, 5.41) is 3.97. The van der Waals surface area contributed by atoms with Crippen LogP contribution in [0.2, 0.25) is 0 Å². The topological polar surface area (TPSA) is 63.6 Å². The number of aromatic nitrogens is 3. The van der Waals surface area contributed by atoms with E-state index in [9.17, 15) is 4.79 Å². The Morgan fingerprint density at radius 2 is 2.00 bits per heavy atom. The van der Waals surface area contributed by atoms with E-state index in [0.29, 0.717) is 5.56 Å². The largest absolute Gasteiger partial charge is 0.359 e. The smallest absolute Gasteiger partial charge is 0.255 e. The zero-order valence-electron chi connectivity index (χ0n) is 15.6. The van der Waals surface area contributed by atoms with Gasteiger partial charge in [0.05, 0.1) is 23.0 Å². The fourth-order valence-electron chi connectivity index (χ4n) is 3.88. The van der Waals surface area contributed by atoms with Gasteiger partial charge in [-0.25, -0.2) is 4.98 Å². The molecule has 0 saturated carbocycles. The second-order valence-electron chi connectivity index (χ2n) is 7.20. The zero-order chi connectivity index (χ0) is 19.1. The maximum Gasteiger partial charge on any atom is 0.255 e. The molecule has 1 aromatic carbocycles. The molecule has 1 saturated heterocycles. The number of carbonyl (C=O) groups is 1. The Bertz CT molecular complexity index is 1150. The monoisotopic (exact) mass is 372 g/mol. The molecule has 0 bridgehead atoms. The van der Waals surface area contributed by atoms with Gasteiger partial charge in [0.25, 0.3) is 5.91 Å². The summed E-state index contributed by atoms with van der Waals surface area (Å²) in [6.07, 6.45) is 5.67. The van der Waals surface area contributed by atoms with E-state index in [4.69, 9.17) is 4.52 Å². The normalized spacial score (nSPS) is 16.8. The first-order valence-corrected chi connectivity index (χ1v) is 9.47. The Morgan fingerprint density at radius 1 is 1.14 bits per heavy atom. The molecule has 0 unspecified atom stereocenters. The van der Waals surface area contributed by atoms with Gasteiger partial charge < -0.3 is 13.8 Å². The second-order valence-corrected chi connectivity index (χ2v) is 7.20. The number of pyridine rings is 1. The van der Waals surface area contributed by atoms with E-state index in [2.05, 4.69) is 10.1 Å². The lowest BCUT2D eigenvalue weighted by Gasteiger charge is -2.22. The lowest BCUT2D eigenvalue weighted by atomic mass is 10.1. The molecule has 3 aromatic heterocycles. The van der Waals surface area contributed by atoms with Crippen LogP contribution in [0, 0.1) is 6.92 Å². The van der Waals surface area contributed by atoms with Gasteiger partial charge in [-0.05, 0) is 31.9 Å². The molecule has 1 aliphatic rings. The third-order valence-electron chi connectivity index (χ3n) is 5.26. The van der Waals surface area contributed by atoms with E-state index in [0.717, 1.165) is 47.7 Å². The minimum absolute atomic E-state index is 0.00779. The predicted octanol–water partition coefficient (Wildman–Crippen LogP) is 4.28. The minimum Gasteiger partial charge on any atom is -0.359 e. The van der Waals surface area contributed by atoms with Crippen molar-refractivity contribution < 1.29 is 9.32 Å². The van der Waals surface area contributed by atoms with Crippen LogP contribution in [0.25, 0.3) is 16.9 Å². The maximum atomic E-state index is 13.2. The van der Waals surface area contributed by atoms with E-state index < -0.39 is 0 Å². The van der Waals surface area contributed by atoms with Gasteiger partial charge in [0.15, 0.2) is 5.76 Å². The highest BCUT2D eigenvalue weighted by molar-refractivity contribution is 5.94. The number of carbonyl (C=O) groups excluding carboxylic acids is 1. The van der Waals surface area contributed by atoms with E-state index >= 15 is 0 Å². The van der Waals surface area contributed by atoms with E-state index in [1.807, 2.05) is 77.1 Å². The zero-order valence-corrected chi connectivity index (χ0v) is 15.6. The third kappa shape index (κ3) is 2.87. The maximum absolute atomic E-state index is 13.2. The lowest BCUT2D eigenvalue weighted by Crippen LogP contribution is -2.30. The molecule has 4 aromatic rings. The van der Waals surface area contributed by atoms with Gasteiger partial charge in [-0.15, -0.1) is 0 Å². The molecule has 0 radical (unpaired) electrons. The number of benzene rings is 1. The van der Waals surface area contributed by atoms with Crippen LogP contribution in [0.5, 0.6) is 0 Å². The number of rotatable bonds is 3. The highest BCUT2D eigenvalue weighted by Gasteiger charge is 2.33. The van der Waals surface area contributed by atoms with Crippen LogP contribution in [-0.4, -0.2) is 31.9 Å². The van der Waals surface area contributed by atoms with Crippen LogP contribution in [-0.2, 0) is 0 Å². The van der Waals surface area contributed by atoms with Gasteiger partial charge in [0.1, 0.15) is 5.65 Å². The summed E-state index contributed by atoms with van der Waals surface area (Å²) in [5.74, 6) is 0.770. The molecule has 0 aliphatic carbocycles. The van der Waals surface area contributed by atoms with E-state index in [-0.39, 0.29) is 11.9 Å². The van der Waals surface area contributed by atoms with Crippen LogP contribution < -0.4 is 0 Å². The number of fused-ring (bicyclic) bond motifs is 1. The Balaban J connectivity index is 1.46. The summed E-state index contributed by atoms with van der Waals surface area (Å²) in [7, 11) is 0. The number of imidazole rings is 1. The molecule has 0 N–H and O–H groups in total. The fourth-order valence-corrected chi connectivity index (χ4v) is 3.88. The van der Waals surface area contributed by atoms with E-state index in [1.54, 1.807) is 0 Å². The van der Waals surface area contributed by atoms with Crippen molar-refractivity contribution in [1.29, 1.82) is 0 Å². The number of amides is 1. The molecule has 6 nitrogen and oxygen atoms in total. The molecule has 6 heteroatoms. The summed E-state index contributed by atoms with van der Waals surface area (Å²) in [5.41, 5.74) is 4.25. The quantitative estimate of drug-likeness (QED) is 0.539. The van der Waals surface area contributed by atoms with Crippen LogP contribution >= 0.6 is 0 Å². The molecule has 1 aliphatic heterocycles. The van der Waals surface area contributed by atoms with Gasteiger partial charge in [0, 0.05) is 30.6 Å². The molecular formula is C22H20N4O2. The Hall–Kier alpha value is -3.41. The van der Waals surface area contributed by atoms with Crippen LogP contribution in [0.1, 0.15) is 40.7 Å². The van der Waals surface area contributed by atoms with Crippen molar-refractivity contribution in [3.8, 4) is 11.3 Å². The molecule has 5 rings (SSSR count). The third-order valence-corrected chi connectivity index (χ3v) is 5.26. The number of aryl methyl sites for hydroxylation is 1. The van der Waals surface area contributed by atoms with E-state index in [1.165, 1.54) is 0 Å². The molecule has 28 heavy (non-hydrogen) atoms. The van der Waals surface area contributed by atoms with Crippen molar-refractivity contribution >= 4 is 11.6 Å². The number of hydrogen-bond donors (Lipinski definition) is 0. The Morgan fingerprint density at radius 3 is 2.79 bits per heavy atom. The minimum atomic E-state index is -0.0490. The van der Waals surface area contributed by atoms with Gasteiger partial charge in [-0.1, -0.05) is 35.5 Å². The lowest BCUT2D eigenvalue weighted by molar-refractivity contribution is 0.0714. The summed E-state index contributed by atoms with van der Waals surface area (Å²) >= 11 is 0. The number of hydrogen-bond acceptors (Lipinski definition) is 4. The average molecular weight is 372 g/mol. The molecule has 0 spiro atoms. The van der Waals surface area contributed by atoms with Crippen molar-refractivity contribution in [3.63, 3.8) is 0 Å². The van der Waals surface area contributed by atoms with Gasteiger partial charge in [0.2, 0.25) is 0 Å². The van der Waals surface area contributed by atoms with Crippen molar-refractivity contribution in [2.45, 2.75) is 25.8 Å². The van der Waals surface area contributed by atoms with Gasteiger partial charge >= 0.3 is 0 Å². The Labute approximate surface area is 162 Å². The van der Waals surface area contributed by atoms with Crippen molar-refractivity contribution in [1.82, 2.24) is 19.4 Å². The predicted molar refractivity (Wildman–Crippen MR) is 105 cm³/mol. The first-order valence-electron chi connectivity index (χ1n) is 9.47. The second kappa shape index (κ2) is 6.64. The summed E-state index contributed by atoms with van der Waals surface area (Å²) in [6.45, 7) is 2.62. The van der Waals surface area contributed by atoms with Gasteiger partial charge in [-0.2, -0.15) is 0 Å². The molecule has 1 amide bonds. The van der Waals surface area contributed by atoms with Crippen LogP contribution in [0.15, 0.2) is 65.4 Å². The molecule has 4 heterocycles. The van der Waals surface area contributed by atoms with Crippen LogP contribution in [0.3, 0.4) is 0 Å². The highest BCUT2D eigenvalue weighted by Crippen LogP contribution is 2.33. The van der Waals surface area contributed by atoms with Crippen molar-refractivity contribution in [2.75, 3.05) is 6.54 Å². The van der Waals surface area contributed by atoms with Crippen molar-refractivity contribution in [3.05, 3.63) is 77.9 Å². The Kier molecular flexibility index (Phi) is 3.97. The molecular weight excluding hydrogens is 352 g/mol. The van der Waals surface area contributed by atoms with Gasteiger partial charge in [-0.3, -0.25) is 4.79 Å². The SMILES string of the molecule is Cc1cc([C@H]2CCCN2C(=O)c2ccc3nc(-c4ccccc4)cn3c2)on1. The summed E-state index contributed by atoms with van der Waals surface area (Å²) in [6, 6.07) is 15.6. The fraction of sp³-hybridized carbons (Fsp3) is 0.227. The number of likely N-dealkylation sites (tertiary alicyclic amines) is 1. The first kappa shape index (κ1) is 16.7. The van der Waals surface area contributed by atoms with Crippen molar-refractivity contribution in [2.24, 2.45) is 0 Å². The standard InChI is InChI=1S/C22H20N4O2/c1-15-12-20(28-24-15)19-8-5-11-26(19)22(27)17-9-10-21-23-18(14-25(21)13-17)16-6-3-2-4-7-16/h2-4,6-7,9-10,12-14,19H,5,8,11H2,1H3/t19-/m1/s1. The first-order chi connectivity index (χ1) is 13.7. The average Bonchev–Trinajstić information content (AvgIpc) is 3.46. The summed E-state index contributed by atoms with van der Waals surface area (Å²) in [4.78, 5) is 19.7. The van der Waals surface area contributed by atoms with Crippen LogP contribution in [0.4, 0.5) is 0 Å².